The third-order valence-corrected chi connectivity index (χ3v) is 6.49. The summed E-state index contributed by atoms with van der Waals surface area (Å²) >= 11 is 3.25. The van der Waals surface area contributed by atoms with Gasteiger partial charge >= 0.3 is 5.69 Å². The molecule has 0 amide bonds. The maximum atomic E-state index is 14.5. The summed E-state index contributed by atoms with van der Waals surface area (Å²) in [6, 6.07) is 22.6. The molecule has 7 nitrogen and oxygen atoms in total. The van der Waals surface area contributed by atoms with Crippen LogP contribution in [0.2, 0.25) is 0 Å². The number of aryl methyl sites for hydroxylation is 1. The maximum Gasteiger partial charge on any atom is 0.329 e. The highest BCUT2D eigenvalue weighted by Gasteiger charge is 2.16. The Bertz CT molecular complexity index is 1830. The van der Waals surface area contributed by atoms with Gasteiger partial charge in [0, 0.05) is 34.9 Å². The van der Waals surface area contributed by atoms with Gasteiger partial charge < -0.3 is 4.74 Å². The van der Waals surface area contributed by atoms with Crippen LogP contribution in [-0.2, 0) is 13.6 Å². The molecule has 0 fully saturated rings. The molecule has 5 aromatic rings. The SMILES string of the molecule is Cn1c(=O)n(Cc2ccc(Br)cc2F)c2ccc(-c3cc(Oc4ccnc(C#N)c4)ccc3C#N)cc21. The first kappa shape index (κ1) is 24.0. The molecule has 0 saturated heterocycles. The van der Waals surface area contributed by atoms with Gasteiger partial charge in [0.05, 0.1) is 29.2 Å². The van der Waals surface area contributed by atoms with E-state index in [1.165, 1.54) is 27.5 Å². The lowest BCUT2D eigenvalue weighted by Crippen LogP contribution is -2.23. The summed E-state index contributed by atoms with van der Waals surface area (Å²) < 4.78 is 24.0. The second-order valence-corrected chi connectivity index (χ2v) is 9.19. The number of hydrogen-bond acceptors (Lipinski definition) is 5. The van der Waals surface area contributed by atoms with Crippen molar-refractivity contribution in [2.45, 2.75) is 6.54 Å². The first-order chi connectivity index (χ1) is 17.9. The second kappa shape index (κ2) is 9.73. The molecule has 180 valence electrons. The van der Waals surface area contributed by atoms with Gasteiger partial charge in [-0.15, -0.1) is 0 Å². The van der Waals surface area contributed by atoms with Crippen LogP contribution in [0.15, 0.2) is 82.2 Å². The number of imidazole rings is 1. The third kappa shape index (κ3) is 4.61. The van der Waals surface area contributed by atoms with Crippen molar-refractivity contribution in [2.24, 2.45) is 7.05 Å². The Hall–Kier alpha value is -4.73. The lowest BCUT2D eigenvalue weighted by Gasteiger charge is -2.10. The molecule has 2 aromatic heterocycles. The first-order valence-corrected chi connectivity index (χ1v) is 11.9. The zero-order valence-electron chi connectivity index (χ0n) is 19.4. The van der Waals surface area contributed by atoms with Crippen molar-refractivity contribution in [1.82, 2.24) is 14.1 Å². The van der Waals surface area contributed by atoms with Crippen molar-refractivity contribution in [3.05, 3.63) is 111 Å². The van der Waals surface area contributed by atoms with Crippen molar-refractivity contribution in [2.75, 3.05) is 0 Å². The average molecular weight is 554 g/mol. The molecule has 37 heavy (non-hydrogen) atoms. The molecule has 0 unspecified atom stereocenters. The predicted molar refractivity (Wildman–Crippen MR) is 140 cm³/mol. The van der Waals surface area contributed by atoms with Crippen LogP contribution in [-0.4, -0.2) is 14.1 Å². The number of nitrogens with zero attached hydrogens (tertiary/aromatic N) is 5. The van der Waals surface area contributed by atoms with Gasteiger partial charge in [-0.05, 0) is 54.1 Å². The standard InChI is InChI=1S/C28H17BrFN5O2/c1-34-27-10-17(4-7-26(27)35(28(34)36)16-19-2-5-20(29)11-25(19)30)24-13-22(6-3-18(24)14-31)37-23-8-9-33-21(12-23)15-32/h2-13H,16H2,1H3. The van der Waals surface area contributed by atoms with E-state index in [1.807, 2.05) is 18.2 Å². The van der Waals surface area contributed by atoms with Gasteiger partial charge in [0.15, 0.2) is 0 Å². The molecule has 0 bridgehead atoms. The monoisotopic (exact) mass is 553 g/mol. The van der Waals surface area contributed by atoms with Crippen LogP contribution in [0, 0.1) is 28.5 Å². The van der Waals surface area contributed by atoms with E-state index in [1.54, 1.807) is 49.5 Å². The molecule has 2 heterocycles. The van der Waals surface area contributed by atoms with Crippen molar-refractivity contribution in [3.63, 3.8) is 0 Å². The van der Waals surface area contributed by atoms with Crippen LogP contribution < -0.4 is 10.4 Å². The smallest absolute Gasteiger partial charge is 0.329 e. The van der Waals surface area contributed by atoms with E-state index in [4.69, 9.17) is 10.00 Å². The van der Waals surface area contributed by atoms with Crippen LogP contribution in [0.4, 0.5) is 4.39 Å². The predicted octanol–water partition coefficient (Wildman–Crippen LogP) is 5.89. The zero-order chi connectivity index (χ0) is 26.1. The highest BCUT2D eigenvalue weighted by atomic mass is 79.9. The number of pyridine rings is 1. The minimum atomic E-state index is -0.401. The second-order valence-electron chi connectivity index (χ2n) is 8.28. The van der Waals surface area contributed by atoms with Crippen LogP contribution in [0.5, 0.6) is 11.5 Å². The molecule has 0 atom stereocenters. The fourth-order valence-electron chi connectivity index (χ4n) is 4.14. The quantitative estimate of drug-likeness (QED) is 0.270. The summed E-state index contributed by atoms with van der Waals surface area (Å²) in [6.07, 6.45) is 1.48. The molecule has 5 rings (SSSR count). The van der Waals surface area contributed by atoms with Crippen molar-refractivity contribution < 1.29 is 9.13 Å². The first-order valence-electron chi connectivity index (χ1n) is 11.1. The van der Waals surface area contributed by atoms with Crippen LogP contribution in [0.3, 0.4) is 0 Å². The van der Waals surface area contributed by atoms with Gasteiger partial charge in [0.2, 0.25) is 0 Å². The molecular weight excluding hydrogens is 537 g/mol. The van der Waals surface area contributed by atoms with E-state index in [-0.39, 0.29) is 17.9 Å². The number of nitriles is 2. The van der Waals surface area contributed by atoms with Crippen molar-refractivity contribution >= 4 is 27.0 Å². The van der Waals surface area contributed by atoms with E-state index in [9.17, 15) is 14.4 Å². The van der Waals surface area contributed by atoms with Gasteiger partial charge in [0.1, 0.15) is 29.1 Å². The summed E-state index contributed by atoms with van der Waals surface area (Å²) in [5.41, 5.74) is 3.39. The van der Waals surface area contributed by atoms with E-state index >= 15 is 0 Å². The van der Waals surface area contributed by atoms with Gasteiger partial charge in [-0.3, -0.25) is 9.13 Å². The Morgan fingerprint density at radius 3 is 2.54 bits per heavy atom. The van der Waals surface area contributed by atoms with E-state index < -0.39 is 5.82 Å². The van der Waals surface area contributed by atoms with Crippen molar-refractivity contribution in [1.29, 1.82) is 10.5 Å². The van der Waals surface area contributed by atoms with E-state index in [2.05, 4.69) is 27.0 Å². The Balaban J connectivity index is 1.56. The highest BCUT2D eigenvalue weighted by molar-refractivity contribution is 9.10. The Labute approximate surface area is 219 Å². The van der Waals surface area contributed by atoms with E-state index in [0.29, 0.717) is 49.3 Å². The molecule has 3 aromatic carbocycles. The molecule has 9 heteroatoms. The lowest BCUT2D eigenvalue weighted by atomic mass is 9.99. The van der Waals surface area contributed by atoms with Crippen LogP contribution in [0.1, 0.15) is 16.8 Å². The molecule has 0 spiro atoms. The molecule has 0 aliphatic carbocycles. The van der Waals surface area contributed by atoms with Gasteiger partial charge in [-0.25, -0.2) is 14.2 Å². The lowest BCUT2D eigenvalue weighted by molar-refractivity contribution is 0.482. The fraction of sp³-hybridized carbons (Fsp3) is 0.0714. The summed E-state index contributed by atoms with van der Waals surface area (Å²) in [6.45, 7) is 0.0814. The molecule has 0 saturated carbocycles. The number of rotatable bonds is 5. The van der Waals surface area contributed by atoms with Crippen molar-refractivity contribution in [3.8, 4) is 34.8 Å². The van der Waals surface area contributed by atoms with Gasteiger partial charge in [0.25, 0.3) is 0 Å². The number of benzene rings is 3. The number of halogens is 2. The number of hydrogen-bond donors (Lipinski definition) is 0. The minimum Gasteiger partial charge on any atom is -0.457 e. The van der Waals surface area contributed by atoms with Crippen LogP contribution >= 0.6 is 15.9 Å². The third-order valence-electron chi connectivity index (χ3n) is 5.99. The summed E-state index contributed by atoms with van der Waals surface area (Å²) in [5.74, 6) is 0.514. The topological polar surface area (TPSA) is 96.6 Å². The molecule has 0 aliphatic heterocycles. The van der Waals surface area contributed by atoms with E-state index in [0.717, 1.165) is 0 Å². The molecule has 0 N–H and O–H groups in total. The zero-order valence-corrected chi connectivity index (χ0v) is 21.0. The summed E-state index contributed by atoms with van der Waals surface area (Å²) in [4.78, 5) is 17.0. The maximum absolute atomic E-state index is 14.5. The molecule has 0 radical (unpaired) electrons. The largest absolute Gasteiger partial charge is 0.457 e. The number of ether oxygens (including phenoxy) is 1. The normalized spacial score (nSPS) is 10.7. The van der Waals surface area contributed by atoms with Gasteiger partial charge in [-0.1, -0.05) is 28.1 Å². The molecule has 0 aliphatic rings. The Morgan fingerprint density at radius 2 is 1.78 bits per heavy atom. The summed E-state index contributed by atoms with van der Waals surface area (Å²) in [7, 11) is 1.66. The number of aromatic nitrogens is 3. The fourth-order valence-corrected chi connectivity index (χ4v) is 4.48. The Kier molecular flexibility index (Phi) is 6.31. The van der Waals surface area contributed by atoms with Gasteiger partial charge in [-0.2, -0.15) is 10.5 Å². The van der Waals surface area contributed by atoms with Crippen LogP contribution in [0.25, 0.3) is 22.2 Å². The average Bonchev–Trinajstić information content (AvgIpc) is 3.14. The highest BCUT2D eigenvalue weighted by Crippen LogP contribution is 2.32. The minimum absolute atomic E-state index is 0.0814. The number of fused-ring (bicyclic) bond motifs is 1. The summed E-state index contributed by atoms with van der Waals surface area (Å²) in [5, 5.41) is 18.8. The Morgan fingerprint density at radius 1 is 0.973 bits per heavy atom. The molecular formula is C28H17BrFN5O2.